The second kappa shape index (κ2) is 7.75. The Balaban J connectivity index is 1.50. The van der Waals surface area contributed by atoms with Crippen LogP contribution in [0.3, 0.4) is 0 Å². The number of thiocarbonyl (C=S) groups is 1. The van der Waals surface area contributed by atoms with E-state index in [2.05, 4.69) is 20.7 Å². The van der Waals surface area contributed by atoms with E-state index in [9.17, 15) is 26.3 Å². The van der Waals surface area contributed by atoms with Crippen LogP contribution in [0.15, 0.2) is 30.5 Å². The van der Waals surface area contributed by atoms with E-state index in [-0.39, 0.29) is 34.2 Å². The average molecular weight is 486 g/mol. The fraction of sp³-hybridized carbons (Fsp3) is 0.350. The summed E-state index contributed by atoms with van der Waals surface area (Å²) in [5.74, 6) is -5.76. The van der Waals surface area contributed by atoms with Crippen molar-refractivity contribution in [1.29, 1.82) is 0 Å². The van der Waals surface area contributed by atoms with Crippen LogP contribution < -0.4 is 15.5 Å². The number of fused-ring (bicyclic) bond motifs is 1. The summed E-state index contributed by atoms with van der Waals surface area (Å²) in [6.45, 7) is -0.796. The quantitative estimate of drug-likeness (QED) is 0.427. The topological polar surface area (TPSA) is 57.5 Å². The molecule has 13 heteroatoms. The van der Waals surface area contributed by atoms with Gasteiger partial charge in [-0.15, -0.1) is 5.10 Å². The normalized spacial score (nSPS) is 23.7. The first kappa shape index (κ1) is 21.7. The summed E-state index contributed by atoms with van der Waals surface area (Å²) in [4.78, 5) is 5.39. The van der Waals surface area contributed by atoms with Crippen LogP contribution >= 0.6 is 12.2 Å². The van der Waals surface area contributed by atoms with Crippen LogP contribution in [-0.2, 0) is 0 Å². The van der Waals surface area contributed by atoms with Gasteiger partial charge in [0.25, 0.3) is 11.9 Å². The van der Waals surface area contributed by atoms with Gasteiger partial charge in [-0.05, 0) is 36.5 Å². The molecule has 1 saturated heterocycles. The lowest BCUT2D eigenvalue weighted by molar-refractivity contribution is 0.0221. The lowest BCUT2D eigenvalue weighted by Crippen LogP contribution is -2.31. The highest BCUT2D eigenvalue weighted by Gasteiger charge is 2.47. The van der Waals surface area contributed by atoms with Crippen molar-refractivity contribution >= 4 is 34.5 Å². The number of hydrogen-bond acceptors (Lipinski definition) is 4. The van der Waals surface area contributed by atoms with Crippen molar-refractivity contribution in [2.45, 2.75) is 37.0 Å². The number of nitrogens with zero attached hydrogens (tertiary/aromatic N) is 4. The van der Waals surface area contributed by atoms with E-state index in [1.165, 1.54) is 12.3 Å². The van der Waals surface area contributed by atoms with Crippen molar-refractivity contribution in [3.63, 3.8) is 0 Å². The number of anilines is 2. The molecule has 1 unspecified atom stereocenters. The second-order valence-corrected chi connectivity index (χ2v) is 8.45. The van der Waals surface area contributed by atoms with E-state index in [1.807, 2.05) is 0 Å². The summed E-state index contributed by atoms with van der Waals surface area (Å²) >= 11 is 5.07. The fourth-order valence-corrected chi connectivity index (χ4v) is 4.15. The van der Waals surface area contributed by atoms with Crippen LogP contribution in [0.25, 0.3) is 5.65 Å². The van der Waals surface area contributed by atoms with Gasteiger partial charge >= 0.3 is 0 Å². The Labute approximate surface area is 188 Å². The minimum atomic E-state index is -3.19. The molecule has 3 heterocycles. The van der Waals surface area contributed by atoms with Gasteiger partial charge in [0, 0.05) is 24.6 Å². The van der Waals surface area contributed by atoms with Gasteiger partial charge in [-0.25, -0.2) is 31.5 Å². The Kier molecular flexibility index (Phi) is 5.10. The van der Waals surface area contributed by atoms with Gasteiger partial charge in [-0.2, -0.15) is 4.39 Å². The smallest absolute Gasteiger partial charge is 0.267 e. The second-order valence-electron chi connectivity index (χ2n) is 8.05. The zero-order valence-electron chi connectivity index (χ0n) is 16.7. The molecule has 174 valence electrons. The average Bonchev–Trinajstić information content (AvgIpc) is 3.20. The molecule has 0 radical (unpaired) electrons. The van der Waals surface area contributed by atoms with Gasteiger partial charge in [0.2, 0.25) is 0 Å². The zero-order chi connectivity index (χ0) is 23.5. The van der Waals surface area contributed by atoms with Crippen LogP contribution in [-0.4, -0.2) is 44.4 Å². The molecule has 3 atom stereocenters. The van der Waals surface area contributed by atoms with E-state index in [0.717, 1.165) is 27.6 Å². The molecular formula is C20H16F6N6S. The molecule has 2 aliphatic rings. The number of hydrogen-bond donors (Lipinski definition) is 2. The predicted octanol–water partition coefficient (Wildman–Crippen LogP) is 4.13. The number of nitrogens with one attached hydrogen (secondary N) is 2. The number of alkyl halides is 3. The van der Waals surface area contributed by atoms with Crippen molar-refractivity contribution in [3.8, 4) is 0 Å². The molecule has 1 aromatic carbocycles. The molecule has 6 nitrogen and oxygen atoms in total. The highest BCUT2D eigenvalue weighted by atomic mass is 32.1. The zero-order valence-corrected chi connectivity index (χ0v) is 17.5. The monoisotopic (exact) mass is 486 g/mol. The predicted molar refractivity (Wildman–Crippen MR) is 112 cm³/mol. The molecule has 2 fully saturated rings. The molecule has 0 amide bonds. The van der Waals surface area contributed by atoms with Crippen molar-refractivity contribution in [2.75, 3.05) is 16.8 Å². The van der Waals surface area contributed by atoms with Crippen LogP contribution in [0.2, 0.25) is 0 Å². The van der Waals surface area contributed by atoms with E-state index in [1.54, 1.807) is 0 Å². The molecule has 3 aromatic rings. The van der Waals surface area contributed by atoms with Crippen molar-refractivity contribution in [3.05, 3.63) is 53.6 Å². The molecule has 0 bridgehead atoms. The molecule has 1 aliphatic carbocycles. The first-order chi connectivity index (χ1) is 15.6. The molecule has 1 saturated carbocycles. The molecule has 2 N–H and O–H groups in total. The fourth-order valence-electron chi connectivity index (χ4n) is 3.90. The maximum atomic E-state index is 14.4. The Morgan fingerprint density at radius 2 is 1.94 bits per heavy atom. The van der Waals surface area contributed by atoms with Crippen LogP contribution in [0.5, 0.6) is 0 Å². The number of halogens is 6. The van der Waals surface area contributed by atoms with Gasteiger partial charge in [0.15, 0.2) is 10.8 Å². The summed E-state index contributed by atoms with van der Waals surface area (Å²) in [7, 11) is 0. The van der Waals surface area contributed by atoms with E-state index in [0.29, 0.717) is 0 Å². The molecule has 0 spiro atoms. The number of rotatable bonds is 4. The van der Waals surface area contributed by atoms with Gasteiger partial charge in [-0.1, -0.05) is 0 Å². The Morgan fingerprint density at radius 1 is 1.18 bits per heavy atom. The minimum absolute atomic E-state index is 0.0128. The van der Waals surface area contributed by atoms with E-state index < -0.39 is 54.7 Å². The van der Waals surface area contributed by atoms with Crippen LogP contribution in [0.4, 0.5) is 37.8 Å². The Bertz CT molecular complexity index is 1250. The van der Waals surface area contributed by atoms with Crippen molar-refractivity contribution in [2.24, 2.45) is 0 Å². The van der Waals surface area contributed by atoms with Gasteiger partial charge < -0.3 is 15.5 Å². The number of benzene rings is 1. The maximum absolute atomic E-state index is 14.4. The highest BCUT2D eigenvalue weighted by Crippen LogP contribution is 2.44. The first-order valence-corrected chi connectivity index (χ1v) is 10.4. The summed E-state index contributed by atoms with van der Waals surface area (Å²) in [6.07, 6.45) is -0.210. The lowest BCUT2D eigenvalue weighted by Gasteiger charge is -2.25. The van der Waals surface area contributed by atoms with Crippen LogP contribution in [0, 0.1) is 17.6 Å². The summed E-state index contributed by atoms with van der Waals surface area (Å²) < 4.78 is 85.4. The molecular weight excluding hydrogens is 470 g/mol. The first-order valence-electron chi connectivity index (χ1n) is 9.97. The molecule has 33 heavy (non-hydrogen) atoms. The van der Waals surface area contributed by atoms with Gasteiger partial charge in [0.1, 0.15) is 29.3 Å². The summed E-state index contributed by atoms with van der Waals surface area (Å²) in [6, 6.07) is 2.31. The van der Waals surface area contributed by atoms with Crippen LogP contribution in [0.1, 0.15) is 24.4 Å². The lowest BCUT2D eigenvalue weighted by atomic mass is 10.0. The SMILES string of the molecule is Fc1ccc(F)c(C2CC(F)(F)CN2c2ccn3nc(F)c(NC(=S)N[C@H]4C[C@H]4F)c3n2)c1. The molecule has 1 aliphatic heterocycles. The van der Waals surface area contributed by atoms with Crippen molar-refractivity contribution < 1.29 is 26.3 Å². The van der Waals surface area contributed by atoms with Crippen molar-refractivity contribution in [1.82, 2.24) is 19.9 Å². The largest absolute Gasteiger partial charge is 0.357 e. The van der Waals surface area contributed by atoms with Gasteiger partial charge in [-0.3, -0.25) is 0 Å². The highest BCUT2D eigenvalue weighted by molar-refractivity contribution is 7.80. The molecule has 5 rings (SSSR count). The minimum Gasteiger partial charge on any atom is -0.357 e. The molecule has 2 aromatic heterocycles. The van der Waals surface area contributed by atoms with Gasteiger partial charge in [0.05, 0.1) is 18.6 Å². The third kappa shape index (κ3) is 4.16. The van der Waals surface area contributed by atoms with E-state index >= 15 is 0 Å². The summed E-state index contributed by atoms with van der Waals surface area (Å²) in [5, 5.41) is 8.87. The Morgan fingerprint density at radius 3 is 2.67 bits per heavy atom. The Hall–Kier alpha value is -3.09. The maximum Gasteiger partial charge on any atom is 0.267 e. The third-order valence-electron chi connectivity index (χ3n) is 5.58. The van der Waals surface area contributed by atoms with E-state index in [4.69, 9.17) is 12.2 Å². The third-order valence-corrected chi connectivity index (χ3v) is 5.80. The standard InChI is InChI=1S/C20H16F6N6S/c21-9-1-2-11(22)10(5-9)14-7-20(25,26)8-31(14)15-3-4-32-18(28-15)16(17(24)30-32)29-19(33)27-13-6-12(13)23/h1-5,12-14H,6-8H2,(H2,27,29,33)/t12-,13+,14?/m1/s1. The number of aromatic nitrogens is 3. The summed E-state index contributed by atoms with van der Waals surface area (Å²) in [5.41, 5.74) is -0.539.